The lowest BCUT2D eigenvalue weighted by Crippen LogP contribution is -2.07. The number of methoxy groups -OCH3 is 1. The number of hydrogen-bond acceptors (Lipinski definition) is 4. The maximum absolute atomic E-state index is 11.3. The number of nitrogens with two attached hydrogens (primary N) is 1. The Balaban J connectivity index is 3.27. The molecule has 0 amide bonds. The Morgan fingerprint density at radius 3 is 2.86 bits per heavy atom. The molecule has 4 nitrogen and oxygen atoms in total. The molecule has 4 heteroatoms. The SMILES string of the molecule is CN=Cc1c(N)cccc1C(=O)OC. The third-order valence-corrected chi connectivity index (χ3v) is 1.80. The van der Waals surface area contributed by atoms with Crippen LogP contribution in [0.3, 0.4) is 0 Å². The van der Waals surface area contributed by atoms with E-state index >= 15 is 0 Å². The summed E-state index contributed by atoms with van der Waals surface area (Å²) in [5.41, 5.74) is 7.24. The quantitative estimate of drug-likeness (QED) is 0.433. The molecule has 0 aromatic heterocycles. The van der Waals surface area contributed by atoms with E-state index in [2.05, 4.69) is 9.73 Å². The van der Waals surface area contributed by atoms with Gasteiger partial charge in [0.2, 0.25) is 0 Å². The van der Waals surface area contributed by atoms with Crippen LogP contribution in [0, 0.1) is 0 Å². The average Bonchev–Trinajstić information content (AvgIpc) is 2.20. The normalized spacial score (nSPS) is 10.4. The van der Waals surface area contributed by atoms with E-state index < -0.39 is 5.97 Å². The fourth-order valence-electron chi connectivity index (χ4n) is 1.14. The molecule has 14 heavy (non-hydrogen) atoms. The maximum Gasteiger partial charge on any atom is 0.338 e. The van der Waals surface area contributed by atoms with Gasteiger partial charge in [-0.25, -0.2) is 4.79 Å². The first-order chi connectivity index (χ1) is 6.70. The van der Waals surface area contributed by atoms with Crippen molar-refractivity contribution in [3.05, 3.63) is 29.3 Å². The van der Waals surface area contributed by atoms with Gasteiger partial charge in [0.05, 0.1) is 12.7 Å². The number of benzene rings is 1. The molecule has 0 heterocycles. The van der Waals surface area contributed by atoms with Crippen molar-refractivity contribution in [2.75, 3.05) is 19.9 Å². The van der Waals surface area contributed by atoms with Gasteiger partial charge >= 0.3 is 5.97 Å². The predicted molar refractivity (Wildman–Crippen MR) is 55.7 cm³/mol. The van der Waals surface area contributed by atoms with Crippen LogP contribution in [0.4, 0.5) is 5.69 Å². The van der Waals surface area contributed by atoms with E-state index in [1.165, 1.54) is 7.11 Å². The van der Waals surface area contributed by atoms with Gasteiger partial charge in [0, 0.05) is 24.5 Å². The van der Waals surface area contributed by atoms with Crippen LogP contribution in [0.2, 0.25) is 0 Å². The van der Waals surface area contributed by atoms with Crippen LogP contribution in [-0.2, 0) is 4.74 Å². The minimum absolute atomic E-state index is 0.410. The van der Waals surface area contributed by atoms with E-state index in [4.69, 9.17) is 5.73 Å². The summed E-state index contributed by atoms with van der Waals surface area (Å²) in [5.74, 6) is -0.410. The molecular weight excluding hydrogens is 180 g/mol. The summed E-state index contributed by atoms with van der Waals surface area (Å²) in [6, 6.07) is 5.07. The highest BCUT2D eigenvalue weighted by Gasteiger charge is 2.11. The van der Waals surface area contributed by atoms with Crippen molar-refractivity contribution in [1.82, 2.24) is 0 Å². The van der Waals surface area contributed by atoms with Crippen LogP contribution in [0.5, 0.6) is 0 Å². The molecule has 0 atom stereocenters. The van der Waals surface area contributed by atoms with Crippen molar-refractivity contribution in [1.29, 1.82) is 0 Å². The fraction of sp³-hybridized carbons (Fsp3) is 0.200. The molecule has 0 unspecified atom stereocenters. The molecule has 0 aliphatic heterocycles. The third-order valence-electron chi connectivity index (χ3n) is 1.80. The molecule has 0 aliphatic carbocycles. The Hall–Kier alpha value is -1.84. The number of ether oxygens (including phenoxy) is 1. The van der Waals surface area contributed by atoms with Crippen molar-refractivity contribution in [3.63, 3.8) is 0 Å². The Morgan fingerprint density at radius 2 is 2.29 bits per heavy atom. The molecule has 0 aliphatic rings. The number of hydrogen-bond donors (Lipinski definition) is 1. The van der Waals surface area contributed by atoms with Gasteiger partial charge < -0.3 is 10.5 Å². The number of aliphatic imine (C=N–C) groups is 1. The number of anilines is 1. The van der Waals surface area contributed by atoms with Gasteiger partial charge in [-0.05, 0) is 12.1 Å². The molecule has 2 N–H and O–H groups in total. The highest BCUT2D eigenvalue weighted by Crippen LogP contribution is 2.15. The Kier molecular flexibility index (Phi) is 3.23. The summed E-state index contributed by atoms with van der Waals surface area (Å²) in [6.07, 6.45) is 1.54. The van der Waals surface area contributed by atoms with E-state index in [0.29, 0.717) is 16.8 Å². The molecule has 74 valence electrons. The van der Waals surface area contributed by atoms with Gasteiger partial charge in [0.1, 0.15) is 0 Å². The van der Waals surface area contributed by atoms with E-state index in [9.17, 15) is 4.79 Å². The lowest BCUT2D eigenvalue weighted by molar-refractivity contribution is 0.0600. The van der Waals surface area contributed by atoms with Gasteiger partial charge in [0.15, 0.2) is 0 Å². The zero-order valence-corrected chi connectivity index (χ0v) is 8.15. The first-order valence-electron chi connectivity index (χ1n) is 4.09. The smallest absolute Gasteiger partial charge is 0.338 e. The monoisotopic (exact) mass is 192 g/mol. The van der Waals surface area contributed by atoms with Crippen LogP contribution in [0.25, 0.3) is 0 Å². The molecule has 1 aromatic carbocycles. The second-order valence-electron chi connectivity index (χ2n) is 2.69. The number of nitrogens with zero attached hydrogens (tertiary/aromatic N) is 1. The topological polar surface area (TPSA) is 64.7 Å². The first kappa shape index (κ1) is 10.2. The summed E-state index contributed by atoms with van der Waals surface area (Å²) in [5, 5.41) is 0. The van der Waals surface area contributed by atoms with E-state index in [0.717, 1.165) is 0 Å². The highest BCUT2D eigenvalue weighted by molar-refractivity contribution is 6.02. The minimum Gasteiger partial charge on any atom is -0.465 e. The zero-order valence-electron chi connectivity index (χ0n) is 8.15. The lowest BCUT2D eigenvalue weighted by Gasteiger charge is -2.05. The molecule has 0 saturated heterocycles. The summed E-state index contributed by atoms with van der Waals surface area (Å²) in [6.45, 7) is 0. The van der Waals surface area contributed by atoms with Crippen molar-refractivity contribution >= 4 is 17.9 Å². The van der Waals surface area contributed by atoms with E-state index in [1.807, 2.05) is 0 Å². The summed E-state index contributed by atoms with van der Waals surface area (Å²) in [7, 11) is 2.95. The number of carbonyl (C=O) groups excluding carboxylic acids is 1. The second kappa shape index (κ2) is 4.41. The maximum atomic E-state index is 11.3. The largest absolute Gasteiger partial charge is 0.465 e. The Labute approximate surface area is 82.4 Å². The minimum atomic E-state index is -0.410. The molecule has 0 radical (unpaired) electrons. The van der Waals surface area contributed by atoms with Crippen LogP contribution >= 0.6 is 0 Å². The lowest BCUT2D eigenvalue weighted by atomic mass is 10.1. The number of carbonyl (C=O) groups is 1. The van der Waals surface area contributed by atoms with Crippen molar-refractivity contribution in [2.24, 2.45) is 4.99 Å². The zero-order chi connectivity index (χ0) is 10.6. The van der Waals surface area contributed by atoms with Gasteiger partial charge in [-0.3, -0.25) is 4.99 Å². The molecule has 0 bridgehead atoms. The fourth-order valence-corrected chi connectivity index (χ4v) is 1.14. The Bertz CT molecular complexity index is 372. The van der Waals surface area contributed by atoms with Crippen molar-refractivity contribution in [2.45, 2.75) is 0 Å². The molecule has 0 spiro atoms. The predicted octanol–water partition coefficient (Wildman–Crippen LogP) is 1.10. The third kappa shape index (κ3) is 1.90. The van der Waals surface area contributed by atoms with Crippen LogP contribution in [0.1, 0.15) is 15.9 Å². The van der Waals surface area contributed by atoms with Gasteiger partial charge in [-0.15, -0.1) is 0 Å². The summed E-state index contributed by atoms with van der Waals surface area (Å²) < 4.78 is 4.62. The van der Waals surface area contributed by atoms with Crippen molar-refractivity contribution in [3.8, 4) is 0 Å². The van der Waals surface area contributed by atoms with E-state index in [1.54, 1.807) is 31.5 Å². The highest BCUT2D eigenvalue weighted by atomic mass is 16.5. The van der Waals surface area contributed by atoms with Gasteiger partial charge in [-0.1, -0.05) is 6.07 Å². The molecule has 1 aromatic rings. The molecule has 0 saturated carbocycles. The Morgan fingerprint density at radius 1 is 1.57 bits per heavy atom. The molecular formula is C10H12N2O2. The van der Waals surface area contributed by atoms with Crippen LogP contribution in [-0.4, -0.2) is 26.3 Å². The van der Waals surface area contributed by atoms with Crippen molar-refractivity contribution < 1.29 is 9.53 Å². The van der Waals surface area contributed by atoms with E-state index in [-0.39, 0.29) is 0 Å². The molecule has 0 fully saturated rings. The van der Waals surface area contributed by atoms with Gasteiger partial charge in [0.25, 0.3) is 0 Å². The van der Waals surface area contributed by atoms with Crippen LogP contribution < -0.4 is 5.73 Å². The van der Waals surface area contributed by atoms with Crippen LogP contribution in [0.15, 0.2) is 23.2 Å². The number of esters is 1. The second-order valence-corrected chi connectivity index (χ2v) is 2.69. The number of rotatable bonds is 2. The van der Waals surface area contributed by atoms with Gasteiger partial charge in [-0.2, -0.15) is 0 Å². The standard InChI is InChI=1S/C10H12N2O2/c1-12-6-8-7(10(13)14-2)4-3-5-9(8)11/h3-6H,11H2,1-2H3. The summed E-state index contributed by atoms with van der Waals surface area (Å²) in [4.78, 5) is 15.2. The average molecular weight is 192 g/mol. The number of nitrogen functional groups attached to an aromatic ring is 1. The summed E-state index contributed by atoms with van der Waals surface area (Å²) >= 11 is 0. The first-order valence-corrected chi connectivity index (χ1v) is 4.09. The molecule has 1 rings (SSSR count).